The number of nitrogens with two attached hydrogens (primary N) is 1. The third-order valence-electron chi connectivity index (χ3n) is 2.28. The molecule has 2 N–H and O–H groups in total. The van der Waals surface area contributed by atoms with Gasteiger partial charge in [0.25, 0.3) is 5.91 Å². The molecule has 1 amide bonds. The first kappa shape index (κ1) is 11.6. The summed E-state index contributed by atoms with van der Waals surface area (Å²) < 4.78 is 38.7. The zero-order valence-electron chi connectivity index (χ0n) is 8.58. The molecule has 1 aromatic carbocycles. The van der Waals surface area contributed by atoms with Crippen molar-refractivity contribution in [3.63, 3.8) is 0 Å². The minimum atomic E-state index is -1.58. The van der Waals surface area contributed by atoms with Crippen molar-refractivity contribution >= 4 is 17.3 Å². The van der Waals surface area contributed by atoms with Crippen molar-refractivity contribution in [3.8, 4) is 0 Å². The zero-order chi connectivity index (χ0) is 12.6. The Hall–Kier alpha value is -1.89. The van der Waals surface area contributed by atoms with Crippen molar-refractivity contribution in [2.24, 2.45) is 10.8 Å². The Balaban J connectivity index is 2.41. The van der Waals surface area contributed by atoms with Crippen molar-refractivity contribution in [1.82, 2.24) is 0 Å². The van der Waals surface area contributed by atoms with Crippen LogP contribution in [-0.2, 0) is 4.79 Å². The second-order valence-electron chi connectivity index (χ2n) is 3.48. The lowest BCUT2D eigenvalue weighted by molar-refractivity contribution is -0.116. The van der Waals surface area contributed by atoms with Crippen LogP contribution >= 0.6 is 0 Å². The molecule has 0 aromatic heterocycles. The molecule has 0 saturated heterocycles. The zero-order valence-corrected chi connectivity index (χ0v) is 8.58. The molecule has 0 aliphatic carbocycles. The van der Waals surface area contributed by atoms with E-state index >= 15 is 0 Å². The number of carbonyl (C=O) groups is 1. The van der Waals surface area contributed by atoms with Gasteiger partial charge in [-0.15, -0.1) is 0 Å². The normalized spacial score (nSPS) is 15.4. The van der Waals surface area contributed by atoms with E-state index < -0.39 is 23.4 Å². The van der Waals surface area contributed by atoms with Crippen molar-refractivity contribution < 1.29 is 18.0 Å². The van der Waals surface area contributed by atoms with E-state index in [1.54, 1.807) is 0 Å². The number of nitrogens with zero attached hydrogens (tertiary/aromatic N) is 2. The summed E-state index contributed by atoms with van der Waals surface area (Å²) in [5, 5.41) is 4.60. The van der Waals surface area contributed by atoms with Gasteiger partial charge in [0, 0.05) is 18.7 Å². The number of hydrogen-bond donors (Lipinski definition) is 1. The van der Waals surface area contributed by atoms with Gasteiger partial charge in [0.15, 0.2) is 17.5 Å². The van der Waals surface area contributed by atoms with E-state index in [0.29, 0.717) is 17.8 Å². The van der Waals surface area contributed by atoms with Crippen molar-refractivity contribution in [2.75, 3.05) is 11.6 Å². The van der Waals surface area contributed by atoms with Gasteiger partial charge in [0.05, 0.1) is 17.8 Å². The maximum Gasteiger partial charge on any atom is 0.253 e. The number of benzene rings is 1. The van der Waals surface area contributed by atoms with Crippen molar-refractivity contribution in [3.05, 3.63) is 29.6 Å². The van der Waals surface area contributed by atoms with Gasteiger partial charge in [-0.2, -0.15) is 5.10 Å². The van der Waals surface area contributed by atoms with E-state index in [1.165, 1.54) is 0 Å². The lowest BCUT2D eigenvalue weighted by atomic mass is 10.2. The van der Waals surface area contributed by atoms with Crippen LogP contribution in [0.15, 0.2) is 17.2 Å². The van der Waals surface area contributed by atoms with Gasteiger partial charge >= 0.3 is 0 Å². The van der Waals surface area contributed by atoms with Crippen LogP contribution in [0.2, 0.25) is 0 Å². The molecular formula is C10H8F3N3O. The molecule has 4 nitrogen and oxygen atoms in total. The number of hydrazone groups is 1. The Morgan fingerprint density at radius 3 is 2.35 bits per heavy atom. The van der Waals surface area contributed by atoms with E-state index in [-0.39, 0.29) is 18.7 Å². The largest absolute Gasteiger partial charge is 0.325 e. The third kappa shape index (κ3) is 2.01. The van der Waals surface area contributed by atoms with E-state index in [9.17, 15) is 18.0 Å². The number of halogens is 3. The van der Waals surface area contributed by atoms with Gasteiger partial charge in [-0.3, -0.25) is 4.79 Å². The average molecular weight is 243 g/mol. The summed E-state index contributed by atoms with van der Waals surface area (Å²) in [5.41, 5.74) is 5.55. The summed E-state index contributed by atoms with van der Waals surface area (Å²) in [7, 11) is 0. The topological polar surface area (TPSA) is 58.7 Å². The van der Waals surface area contributed by atoms with Crippen LogP contribution in [-0.4, -0.2) is 18.2 Å². The number of amides is 1. The molecule has 0 bridgehead atoms. The molecule has 1 aliphatic heterocycles. The first-order valence-electron chi connectivity index (χ1n) is 4.77. The molecule has 1 aromatic rings. The summed E-state index contributed by atoms with van der Waals surface area (Å²) in [6.45, 7) is 0.0778. The quantitative estimate of drug-likeness (QED) is 0.792. The van der Waals surface area contributed by atoms with E-state index in [0.717, 1.165) is 5.01 Å². The smallest absolute Gasteiger partial charge is 0.253 e. The van der Waals surface area contributed by atoms with Crippen molar-refractivity contribution in [2.45, 2.75) is 6.42 Å². The van der Waals surface area contributed by atoms with E-state index in [4.69, 9.17) is 5.73 Å². The highest BCUT2D eigenvalue weighted by atomic mass is 19.2. The van der Waals surface area contributed by atoms with Crippen LogP contribution in [0.1, 0.15) is 6.42 Å². The molecule has 0 atom stereocenters. The molecule has 0 radical (unpaired) electrons. The summed E-state index contributed by atoms with van der Waals surface area (Å²) in [5.74, 6) is -4.78. The Labute approximate surface area is 94.5 Å². The Morgan fingerprint density at radius 1 is 1.29 bits per heavy atom. The van der Waals surface area contributed by atoms with Crippen LogP contribution in [0, 0.1) is 17.5 Å². The van der Waals surface area contributed by atoms with Crippen LogP contribution < -0.4 is 10.7 Å². The van der Waals surface area contributed by atoms with Crippen LogP contribution in [0.5, 0.6) is 0 Å². The maximum absolute atomic E-state index is 13.0. The molecule has 0 unspecified atom stereocenters. The fraction of sp³-hybridized carbons (Fsp3) is 0.200. The van der Waals surface area contributed by atoms with E-state index in [2.05, 4.69) is 5.10 Å². The molecule has 0 saturated carbocycles. The molecule has 7 heteroatoms. The summed E-state index contributed by atoms with van der Waals surface area (Å²) in [6.07, 6.45) is -0.00286. The second-order valence-corrected chi connectivity index (χ2v) is 3.48. The molecule has 0 spiro atoms. The first-order chi connectivity index (χ1) is 8.02. The average Bonchev–Trinajstić information content (AvgIpc) is 2.67. The monoisotopic (exact) mass is 243 g/mol. The number of rotatable bonds is 2. The fourth-order valence-electron chi connectivity index (χ4n) is 1.46. The predicted octanol–water partition coefficient (Wildman–Crippen LogP) is 1.16. The van der Waals surface area contributed by atoms with Crippen LogP contribution in [0.4, 0.5) is 18.9 Å². The predicted molar refractivity (Wildman–Crippen MR) is 54.9 cm³/mol. The Morgan fingerprint density at radius 2 is 1.88 bits per heavy atom. The number of carbonyl (C=O) groups excluding carboxylic acids is 1. The minimum absolute atomic E-state index is 0.00286. The maximum atomic E-state index is 13.0. The lowest BCUT2D eigenvalue weighted by Crippen LogP contribution is -2.20. The Kier molecular flexibility index (Phi) is 2.84. The summed E-state index contributed by atoms with van der Waals surface area (Å²) in [6, 6.07) is 1.42. The number of hydrogen-bond acceptors (Lipinski definition) is 3. The van der Waals surface area contributed by atoms with Gasteiger partial charge in [-0.1, -0.05) is 0 Å². The summed E-state index contributed by atoms with van der Waals surface area (Å²) in [4.78, 5) is 11.5. The highest BCUT2D eigenvalue weighted by Crippen LogP contribution is 2.24. The lowest BCUT2D eigenvalue weighted by Gasteiger charge is -2.12. The highest BCUT2D eigenvalue weighted by Gasteiger charge is 2.26. The molecule has 2 rings (SSSR count). The van der Waals surface area contributed by atoms with Gasteiger partial charge in [-0.05, 0) is 0 Å². The molecule has 90 valence electrons. The molecule has 17 heavy (non-hydrogen) atoms. The molecule has 0 fully saturated rings. The SMILES string of the molecule is NCC1=NN(c2cc(F)c(F)c(F)c2)C(=O)C1. The van der Waals surface area contributed by atoms with Crippen molar-refractivity contribution in [1.29, 1.82) is 0 Å². The number of anilines is 1. The van der Waals surface area contributed by atoms with Gasteiger partial charge < -0.3 is 5.73 Å². The molecular weight excluding hydrogens is 235 g/mol. The van der Waals surface area contributed by atoms with Crippen LogP contribution in [0.25, 0.3) is 0 Å². The van der Waals surface area contributed by atoms with Gasteiger partial charge in [-0.25, -0.2) is 18.2 Å². The fourth-order valence-corrected chi connectivity index (χ4v) is 1.46. The second kappa shape index (κ2) is 4.17. The Bertz CT molecular complexity index is 493. The summed E-state index contributed by atoms with van der Waals surface area (Å²) >= 11 is 0. The van der Waals surface area contributed by atoms with Gasteiger partial charge in [0.1, 0.15) is 0 Å². The highest BCUT2D eigenvalue weighted by molar-refractivity contribution is 6.13. The molecule has 1 heterocycles. The molecule has 1 aliphatic rings. The standard InChI is InChI=1S/C10H8F3N3O/c11-7-2-6(3-8(12)10(7)13)16-9(17)1-5(4-14)15-16/h2-3H,1,4,14H2. The first-order valence-corrected chi connectivity index (χ1v) is 4.77. The van der Waals surface area contributed by atoms with E-state index in [1.807, 2.05) is 0 Å². The minimum Gasteiger partial charge on any atom is -0.325 e. The van der Waals surface area contributed by atoms with Crippen LogP contribution in [0.3, 0.4) is 0 Å². The van der Waals surface area contributed by atoms with Gasteiger partial charge in [0.2, 0.25) is 0 Å². The third-order valence-corrected chi connectivity index (χ3v) is 2.28.